The molecule has 1 saturated heterocycles. The lowest BCUT2D eigenvalue weighted by Gasteiger charge is -2.23. The first-order chi connectivity index (χ1) is 10.7. The molecule has 1 fully saturated rings. The van der Waals surface area contributed by atoms with E-state index in [2.05, 4.69) is 15.3 Å². The Morgan fingerprint density at radius 1 is 1.36 bits per heavy atom. The molecule has 1 aliphatic rings. The maximum atomic E-state index is 12.9. The van der Waals surface area contributed by atoms with Crippen molar-refractivity contribution in [3.05, 3.63) is 47.9 Å². The number of para-hydroxylation sites is 1. The predicted molar refractivity (Wildman–Crippen MR) is 82.3 cm³/mol. The van der Waals surface area contributed by atoms with Gasteiger partial charge in [-0.1, -0.05) is 18.2 Å². The van der Waals surface area contributed by atoms with Crippen LogP contribution in [0, 0.1) is 0 Å². The van der Waals surface area contributed by atoms with E-state index < -0.39 is 0 Å². The third-order valence-electron chi connectivity index (χ3n) is 4.30. The Kier molecular flexibility index (Phi) is 2.96. The minimum atomic E-state index is -0.0104. The first-order valence-corrected chi connectivity index (χ1v) is 7.46. The summed E-state index contributed by atoms with van der Waals surface area (Å²) in [7, 11) is 1.89. The van der Waals surface area contributed by atoms with Gasteiger partial charge in [0, 0.05) is 30.7 Å². The molecule has 0 saturated carbocycles. The van der Waals surface area contributed by atoms with Crippen molar-refractivity contribution in [3.8, 4) is 0 Å². The summed E-state index contributed by atoms with van der Waals surface area (Å²) in [6.45, 7) is 0.763. The van der Waals surface area contributed by atoms with Crippen LogP contribution in [0.5, 0.6) is 0 Å². The summed E-state index contributed by atoms with van der Waals surface area (Å²) >= 11 is 0. The molecule has 0 radical (unpaired) electrons. The molecule has 1 aromatic carbocycles. The summed E-state index contributed by atoms with van der Waals surface area (Å²) in [5.74, 6) is -0.0104. The second-order valence-corrected chi connectivity index (χ2v) is 5.72. The third-order valence-corrected chi connectivity index (χ3v) is 4.30. The topological polar surface area (TPSA) is 66.8 Å². The SMILES string of the molecule is Cn1cc([C@H]2CCCN2C(=O)c2n[nH]c3ccccc23)cn1. The van der Waals surface area contributed by atoms with Crippen LogP contribution in [0.25, 0.3) is 10.9 Å². The maximum Gasteiger partial charge on any atom is 0.275 e. The van der Waals surface area contributed by atoms with Gasteiger partial charge in [0.05, 0.1) is 17.8 Å². The fourth-order valence-electron chi connectivity index (χ4n) is 3.23. The maximum absolute atomic E-state index is 12.9. The van der Waals surface area contributed by atoms with E-state index in [1.807, 2.05) is 48.6 Å². The third kappa shape index (κ3) is 1.99. The van der Waals surface area contributed by atoms with E-state index in [1.54, 1.807) is 4.68 Å². The van der Waals surface area contributed by atoms with Crippen molar-refractivity contribution < 1.29 is 4.79 Å². The molecule has 1 aliphatic heterocycles. The standard InChI is InChI=1S/C16H17N5O/c1-20-10-11(9-17-20)14-7-4-8-21(14)16(22)15-12-5-2-3-6-13(12)18-19-15/h2-3,5-6,9-10,14H,4,7-8H2,1H3,(H,18,19)/t14-/m1/s1. The van der Waals surface area contributed by atoms with Gasteiger partial charge in [0.1, 0.15) is 0 Å². The van der Waals surface area contributed by atoms with Crippen LogP contribution in [0.15, 0.2) is 36.7 Å². The minimum Gasteiger partial charge on any atom is -0.330 e. The van der Waals surface area contributed by atoms with Crippen molar-refractivity contribution >= 4 is 16.8 Å². The van der Waals surface area contributed by atoms with Gasteiger partial charge in [-0.15, -0.1) is 0 Å². The molecule has 3 heterocycles. The molecule has 2 aromatic heterocycles. The molecule has 1 atom stereocenters. The molecule has 0 unspecified atom stereocenters. The number of amides is 1. The number of benzene rings is 1. The number of H-pyrrole nitrogens is 1. The Morgan fingerprint density at radius 3 is 3.05 bits per heavy atom. The summed E-state index contributed by atoms with van der Waals surface area (Å²) in [5.41, 5.74) is 2.49. The molecule has 1 amide bonds. The molecule has 0 bridgehead atoms. The number of nitrogens with one attached hydrogen (secondary N) is 1. The fourth-order valence-corrected chi connectivity index (χ4v) is 3.23. The predicted octanol–water partition coefficient (Wildman–Crippen LogP) is 2.27. The van der Waals surface area contributed by atoms with Gasteiger partial charge < -0.3 is 4.90 Å². The Morgan fingerprint density at radius 2 is 2.23 bits per heavy atom. The quantitative estimate of drug-likeness (QED) is 0.788. The molecular formula is C16H17N5O. The molecule has 22 heavy (non-hydrogen) atoms. The van der Waals surface area contributed by atoms with Gasteiger partial charge in [-0.2, -0.15) is 10.2 Å². The molecule has 0 aliphatic carbocycles. The van der Waals surface area contributed by atoms with Gasteiger partial charge in [0.2, 0.25) is 0 Å². The summed E-state index contributed by atoms with van der Waals surface area (Å²) in [4.78, 5) is 14.8. The van der Waals surface area contributed by atoms with Crippen LogP contribution in [0.3, 0.4) is 0 Å². The van der Waals surface area contributed by atoms with E-state index in [-0.39, 0.29) is 11.9 Å². The Labute approximate surface area is 127 Å². The molecule has 3 aromatic rings. The number of rotatable bonds is 2. The van der Waals surface area contributed by atoms with Gasteiger partial charge in [0.25, 0.3) is 5.91 Å². The van der Waals surface area contributed by atoms with Crippen LogP contribution in [0.4, 0.5) is 0 Å². The van der Waals surface area contributed by atoms with E-state index in [9.17, 15) is 4.79 Å². The molecule has 4 rings (SSSR count). The van der Waals surface area contributed by atoms with Crippen molar-refractivity contribution in [2.45, 2.75) is 18.9 Å². The second kappa shape index (κ2) is 4.98. The highest BCUT2D eigenvalue weighted by Gasteiger charge is 2.33. The Hall–Kier alpha value is -2.63. The zero-order valence-corrected chi connectivity index (χ0v) is 12.4. The van der Waals surface area contributed by atoms with Crippen molar-refractivity contribution in [1.29, 1.82) is 0 Å². The molecule has 0 spiro atoms. The Bertz CT molecular complexity index is 834. The first-order valence-electron chi connectivity index (χ1n) is 7.46. The zero-order chi connectivity index (χ0) is 15.1. The number of likely N-dealkylation sites (tertiary alicyclic amines) is 1. The van der Waals surface area contributed by atoms with Crippen molar-refractivity contribution in [3.63, 3.8) is 0 Å². The summed E-state index contributed by atoms with van der Waals surface area (Å²) in [6, 6.07) is 7.82. The minimum absolute atomic E-state index is 0.0104. The van der Waals surface area contributed by atoms with Crippen molar-refractivity contribution in [2.75, 3.05) is 6.54 Å². The van der Waals surface area contributed by atoms with Crippen LogP contribution >= 0.6 is 0 Å². The average molecular weight is 295 g/mol. The normalized spacial score (nSPS) is 18.2. The summed E-state index contributed by atoms with van der Waals surface area (Å²) in [6.07, 6.45) is 5.81. The smallest absolute Gasteiger partial charge is 0.275 e. The number of carbonyl (C=O) groups excluding carboxylic acids is 1. The summed E-state index contributed by atoms with van der Waals surface area (Å²) in [5, 5.41) is 12.3. The van der Waals surface area contributed by atoms with Crippen LogP contribution in [-0.2, 0) is 7.05 Å². The van der Waals surface area contributed by atoms with Gasteiger partial charge in [-0.05, 0) is 18.9 Å². The van der Waals surface area contributed by atoms with Crippen LogP contribution in [-0.4, -0.2) is 37.3 Å². The van der Waals surface area contributed by atoms with Gasteiger partial charge in [-0.25, -0.2) is 0 Å². The average Bonchev–Trinajstić information content (AvgIpc) is 3.25. The molecule has 112 valence electrons. The molecular weight excluding hydrogens is 278 g/mol. The van der Waals surface area contributed by atoms with E-state index in [1.165, 1.54) is 0 Å². The number of carbonyl (C=O) groups is 1. The largest absolute Gasteiger partial charge is 0.330 e. The molecule has 6 nitrogen and oxygen atoms in total. The number of hydrogen-bond donors (Lipinski definition) is 1. The highest BCUT2D eigenvalue weighted by molar-refractivity contribution is 6.04. The number of aromatic nitrogens is 4. The number of fused-ring (bicyclic) bond motifs is 1. The number of hydrogen-bond acceptors (Lipinski definition) is 3. The molecule has 1 N–H and O–H groups in total. The van der Waals surface area contributed by atoms with Crippen molar-refractivity contribution in [1.82, 2.24) is 24.9 Å². The lowest BCUT2D eigenvalue weighted by molar-refractivity contribution is 0.0731. The van der Waals surface area contributed by atoms with Crippen molar-refractivity contribution in [2.24, 2.45) is 7.05 Å². The van der Waals surface area contributed by atoms with Crippen LogP contribution < -0.4 is 0 Å². The lowest BCUT2D eigenvalue weighted by atomic mass is 10.1. The number of aryl methyl sites for hydroxylation is 1. The van der Waals surface area contributed by atoms with Crippen LogP contribution in [0.2, 0.25) is 0 Å². The monoisotopic (exact) mass is 295 g/mol. The van der Waals surface area contributed by atoms with Crippen LogP contribution in [0.1, 0.15) is 34.9 Å². The zero-order valence-electron chi connectivity index (χ0n) is 12.4. The van der Waals surface area contributed by atoms with Gasteiger partial charge >= 0.3 is 0 Å². The number of nitrogens with zero attached hydrogens (tertiary/aromatic N) is 4. The molecule has 6 heteroatoms. The van der Waals surface area contributed by atoms with E-state index in [0.29, 0.717) is 5.69 Å². The van der Waals surface area contributed by atoms with E-state index in [4.69, 9.17) is 0 Å². The second-order valence-electron chi connectivity index (χ2n) is 5.72. The van der Waals surface area contributed by atoms with E-state index in [0.717, 1.165) is 35.9 Å². The van der Waals surface area contributed by atoms with Gasteiger partial charge in [0.15, 0.2) is 5.69 Å². The van der Waals surface area contributed by atoms with Gasteiger partial charge in [-0.3, -0.25) is 14.6 Å². The lowest BCUT2D eigenvalue weighted by Crippen LogP contribution is -2.30. The first kappa shape index (κ1) is 13.1. The Balaban J connectivity index is 1.69. The summed E-state index contributed by atoms with van der Waals surface area (Å²) < 4.78 is 1.78. The fraction of sp³-hybridized carbons (Fsp3) is 0.312. The highest BCUT2D eigenvalue weighted by atomic mass is 16.2. The number of aromatic amines is 1. The highest BCUT2D eigenvalue weighted by Crippen LogP contribution is 2.33. The van der Waals surface area contributed by atoms with E-state index >= 15 is 0 Å².